The predicted molar refractivity (Wildman–Crippen MR) is 103 cm³/mol. The van der Waals surface area contributed by atoms with Crippen molar-refractivity contribution in [3.05, 3.63) is 27.9 Å². The maximum absolute atomic E-state index is 12.8. The number of aromatic nitrogens is 1. The maximum Gasteiger partial charge on any atom is 0.228 e. The Morgan fingerprint density at radius 1 is 1.40 bits per heavy atom. The third kappa shape index (κ3) is 4.68. The topological polar surface area (TPSA) is 67.3 Å². The molecule has 3 rings (SSSR count). The number of unbranched alkanes of at least 4 members (excludes halogenated alkanes) is 1. The third-order valence-electron chi connectivity index (χ3n) is 4.37. The van der Waals surface area contributed by atoms with Crippen molar-refractivity contribution >= 4 is 38.4 Å². The van der Waals surface area contributed by atoms with Gasteiger partial charge in [-0.05, 0) is 24.3 Å². The summed E-state index contributed by atoms with van der Waals surface area (Å²) in [6, 6.07) is 1.84. The summed E-state index contributed by atoms with van der Waals surface area (Å²) in [5.41, 5.74) is 1.84. The Hall–Kier alpha value is -1.25. The molecule has 1 aliphatic heterocycles. The minimum Gasteiger partial charge on any atom is -0.338 e. The van der Waals surface area contributed by atoms with Crippen molar-refractivity contribution in [2.45, 2.75) is 38.6 Å². The number of nitrogens with zero attached hydrogens (tertiary/aromatic N) is 2. The molecule has 136 valence electrons. The van der Waals surface area contributed by atoms with Crippen LogP contribution in [0.1, 0.15) is 31.9 Å². The molecular formula is C17H22N2O3S3. The van der Waals surface area contributed by atoms with Crippen molar-refractivity contribution in [2.24, 2.45) is 0 Å². The zero-order valence-corrected chi connectivity index (χ0v) is 16.6. The Kier molecular flexibility index (Phi) is 5.91. The fraction of sp³-hybridized carbons (Fsp3) is 0.529. The van der Waals surface area contributed by atoms with Crippen LogP contribution < -0.4 is 0 Å². The first-order chi connectivity index (χ1) is 12.0. The van der Waals surface area contributed by atoms with E-state index in [9.17, 15) is 13.2 Å². The van der Waals surface area contributed by atoms with Gasteiger partial charge in [-0.1, -0.05) is 13.3 Å². The summed E-state index contributed by atoms with van der Waals surface area (Å²) < 4.78 is 23.6. The fourth-order valence-corrected chi connectivity index (χ4v) is 6.29. The largest absolute Gasteiger partial charge is 0.338 e. The van der Waals surface area contributed by atoms with E-state index in [4.69, 9.17) is 0 Å². The van der Waals surface area contributed by atoms with Crippen molar-refractivity contribution in [3.63, 3.8) is 0 Å². The molecule has 1 amide bonds. The number of carbonyl (C=O) groups is 1. The lowest BCUT2D eigenvalue weighted by molar-refractivity contribution is -0.132. The molecule has 8 heteroatoms. The molecule has 1 saturated heterocycles. The van der Waals surface area contributed by atoms with Crippen LogP contribution in [-0.2, 0) is 21.1 Å². The van der Waals surface area contributed by atoms with E-state index in [-0.39, 0.29) is 29.9 Å². The SMILES string of the molecule is CCCCN(C(=O)Cc1csc(-c2ccsc2)n1)C1CCS(=O)(=O)C1. The summed E-state index contributed by atoms with van der Waals surface area (Å²) in [4.78, 5) is 19.2. The first-order valence-electron chi connectivity index (χ1n) is 8.45. The average Bonchev–Trinajstić information content (AvgIpc) is 3.28. The molecular weight excluding hydrogens is 376 g/mol. The molecule has 1 atom stereocenters. The minimum absolute atomic E-state index is 0.0160. The molecule has 0 spiro atoms. The van der Waals surface area contributed by atoms with Crippen LogP contribution in [0.15, 0.2) is 22.2 Å². The van der Waals surface area contributed by atoms with Crippen LogP contribution in [0.2, 0.25) is 0 Å². The minimum atomic E-state index is -3.00. The summed E-state index contributed by atoms with van der Waals surface area (Å²) in [6.45, 7) is 2.69. The van der Waals surface area contributed by atoms with E-state index in [0.29, 0.717) is 13.0 Å². The number of thiazole rings is 1. The highest BCUT2D eigenvalue weighted by Gasteiger charge is 2.34. The summed E-state index contributed by atoms with van der Waals surface area (Å²) in [6.07, 6.45) is 2.65. The van der Waals surface area contributed by atoms with E-state index in [2.05, 4.69) is 11.9 Å². The lowest BCUT2D eigenvalue weighted by Crippen LogP contribution is -2.42. The van der Waals surface area contributed by atoms with Crippen LogP contribution in [0.4, 0.5) is 0 Å². The van der Waals surface area contributed by atoms with Crippen molar-refractivity contribution < 1.29 is 13.2 Å². The molecule has 0 aromatic carbocycles. The van der Waals surface area contributed by atoms with Gasteiger partial charge >= 0.3 is 0 Å². The van der Waals surface area contributed by atoms with Crippen LogP contribution in [-0.4, -0.2) is 48.3 Å². The smallest absolute Gasteiger partial charge is 0.228 e. The Labute approximate surface area is 156 Å². The second kappa shape index (κ2) is 7.97. The number of amides is 1. The van der Waals surface area contributed by atoms with Gasteiger partial charge in [-0.25, -0.2) is 13.4 Å². The number of thiophene rings is 1. The average molecular weight is 399 g/mol. The van der Waals surface area contributed by atoms with Crippen molar-refractivity contribution in [1.82, 2.24) is 9.88 Å². The van der Waals surface area contributed by atoms with Crippen molar-refractivity contribution in [3.8, 4) is 10.6 Å². The zero-order chi connectivity index (χ0) is 17.9. The second-order valence-electron chi connectivity index (χ2n) is 6.33. The molecule has 0 saturated carbocycles. The van der Waals surface area contributed by atoms with E-state index in [1.807, 2.05) is 22.2 Å². The van der Waals surface area contributed by atoms with E-state index < -0.39 is 9.84 Å². The molecule has 5 nitrogen and oxygen atoms in total. The van der Waals surface area contributed by atoms with Crippen molar-refractivity contribution in [2.75, 3.05) is 18.1 Å². The monoisotopic (exact) mass is 398 g/mol. The van der Waals surface area contributed by atoms with E-state index in [1.165, 1.54) is 11.3 Å². The second-order valence-corrected chi connectivity index (χ2v) is 10.2. The molecule has 0 aliphatic carbocycles. The standard InChI is InChI=1S/C17H22N2O3S3/c1-2-3-6-19(15-5-8-25(21,22)12-15)16(20)9-14-11-24-17(18-14)13-4-7-23-10-13/h4,7,10-11,15H,2-3,5-6,8-9,12H2,1H3. The molecule has 1 unspecified atom stereocenters. The van der Waals surface area contributed by atoms with Gasteiger partial charge in [0.2, 0.25) is 5.91 Å². The van der Waals surface area contributed by atoms with Gasteiger partial charge in [-0.2, -0.15) is 11.3 Å². The van der Waals surface area contributed by atoms with Gasteiger partial charge in [-0.15, -0.1) is 11.3 Å². The molecule has 1 fully saturated rings. The maximum atomic E-state index is 12.8. The number of hydrogen-bond donors (Lipinski definition) is 0. The predicted octanol–water partition coefficient (Wildman–Crippen LogP) is 3.23. The number of hydrogen-bond acceptors (Lipinski definition) is 6. The van der Waals surface area contributed by atoms with Gasteiger partial charge in [0.1, 0.15) is 5.01 Å². The van der Waals surface area contributed by atoms with Crippen LogP contribution in [0, 0.1) is 0 Å². The molecule has 2 aromatic heterocycles. The first-order valence-corrected chi connectivity index (χ1v) is 12.1. The highest BCUT2D eigenvalue weighted by atomic mass is 32.2. The van der Waals surface area contributed by atoms with Crippen LogP contribution >= 0.6 is 22.7 Å². The molecule has 25 heavy (non-hydrogen) atoms. The van der Waals surface area contributed by atoms with E-state index in [1.54, 1.807) is 16.2 Å². The van der Waals surface area contributed by atoms with Gasteiger partial charge in [0.25, 0.3) is 0 Å². The van der Waals surface area contributed by atoms with Crippen LogP contribution in [0.5, 0.6) is 0 Å². The number of carbonyl (C=O) groups excluding carboxylic acids is 1. The molecule has 1 aliphatic rings. The van der Waals surface area contributed by atoms with Gasteiger partial charge < -0.3 is 4.90 Å². The lowest BCUT2D eigenvalue weighted by Gasteiger charge is -2.28. The summed E-state index contributed by atoms with van der Waals surface area (Å²) in [5.74, 6) is 0.268. The van der Waals surface area contributed by atoms with Gasteiger partial charge in [0.05, 0.1) is 23.6 Å². The Morgan fingerprint density at radius 2 is 2.24 bits per heavy atom. The summed E-state index contributed by atoms with van der Waals surface area (Å²) in [5, 5.41) is 6.90. The van der Waals surface area contributed by atoms with E-state index in [0.717, 1.165) is 29.1 Å². The summed E-state index contributed by atoms with van der Waals surface area (Å²) in [7, 11) is -3.00. The summed E-state index contributed by atoms with van der Waals surface area (Å²) >= 11 is 3.16. The third-order valence-corrected chi connectivity index (χ3v) is 7.75. The molecule has 0 N–H and O–H groups in total. The highest BCUT2D eigenvalue weighted by molar-refractivity contribution is 7.91. The first kappa shape index (κ1) is 18.5. The lowest BCUT2D eigenvalue weighted by atomic mass is 10.1. The van der Waals surface area contributed by atoms with Gasteiger partial charge in [0.15, 0.2) is 9.84 Å². The van der Waals surface area contributed by atoms with Gasteiger partial charge in [-0.3, -0.25) is 4.79 Å². The van der Waals surface area contributed by atoms with Crippen LogP contribution in [0.25, 0.3) is 10.6 Å². The normalized spacial score (nSPS) is 19.2. The Bertz CT molecular complexity index is 812. The Balaban J connectivity index is 1.70. The molecule has 2 aromatic rings. The molecule has 0 bridgehead atoms. The van der Waals surface area contributed by atoms with Crippen molar-refractivity contribution in [1.29, 1.82) is 0 Å². The van der Waals surface area contributed by atoms with Crippen LogP contribution in [0.3, 0.4) is 0 Å². The Morgan fingerprint density at radius 3 is 2.88 bits per heavy atom. The fourth-order valence-electron chi connectivity index (χ4n) is 3.02. The number of rotatable bonds is 7. The quantitative estimate of drug-likeness (QED) is 0.718. The highest BCUT2D eigenvalue weighted by Crippen LogP contribution is 2.26. The van der Waals surface area contributed by atoms with E-state index >= 15 is 0 Å². The van der Waals surface area contributed by atoms with Gasteiger partial charge in [0, 0.05) is 28.9 Å². The molecule has 0 radical (unpaired) electrons. The molecule has 3 heterocycles. The zero-order valence-electron chi connectivity index (χ0n) is 14.2. The number of sulfone groups is 1.